The Labute approximate surface area is 140 Å². The van der Waals surface area contributed by atoms with E-state index < -0.39 is 5.97 Å². The van der Waals surface area contributed by atoms with E-state index in [0.29, 0.717) is 10.9 Å². The van der Waals surface area contributed by atoms with E-state index in [-0.39, 0.29) is 33.5 Å². The van der Waals surface area contributed by atoms with Gasteiger partial charge in [-0.1, -0.05) is 0 Å². The summed E-state index contributed by atoms with van der Waals surface area (Å²) in [6.07, 6.45) is 3.27. The second-order valence-corrected chi connectivity index (χ2v) is 5.55. The second kappa shape index (κ2) is 5.45. The summed E-state index contributed by atoms with van der Waals surface area (Å²) in [5.74, 6) is -1.36. The van der Waals surface area contributed by atoms with Crippen LogP contribution in [0.1, 0.15) is 20.7 Å². The van der Waals surface area contributed by atoms with Crippen molar-refractivity contribution in [3.63, 3.8) is 0 Å². The zero-order valence-electron chi connectivity index (χ0n) is 12.8. The van der Waals surface area contributed by atoms with Crippen molar-refractivity contribution in [3.05, 3.63) is 82.3 Å². The van der Waals surface area contributed by atoms with Crippen LogP contribution in [-0.4, -0.2) is 21.6 Å². The summed E-state index contributed by atoms with van der Waals surface area (Å²) >= 11 is 0. The van der Waals surface area contributed by atoms with Crippen LogP contribution in [0.25, 0.3) is 21.9 Å². The Kier molecular flexibility index (Phi) is 3.25. The van der Waals surface area contributed by atoms with E-state index in [2.05, 4.69) is 0 Å². The minimum Gasteiger partial charge on any atom is -0.478 e. The highest BCUT2D eigenvalue weighted by atomic mass is 16.4. The third-order valence-corrected chi connectivity index (χ3v) is 4.00. The van der Waals surface area contributed by atoms with Gasteiger partial charge in [-0.15, -0.1) is 0 Å². The van der Waals surface area contributed by atoms with Gasteiger partial charge in [0.25, 0.3) is 5.91 Å². The molecule has 2 heterocycles. The monoisotopic (exact) mass is 333 g/mol. The van der Waals surface area contributed by atoms with E-state index in [4.69, 9.17) is 9.52 Å². The summed E-state index contributed by atoms with van der Waals surface area (Å²) in [4.78, 5) is 36.1. The molecule has 0 fully saturated rings. The van der Waals surface area contributed by atoms with E-state index in [9.17, 15) is 14.4 Å². The topological polar surface area (TPSA) is 89.5 Å². The molecule has 0 spiro atoms. The van der Waals surface area contributed by atoms with Gasteiger partial charge in [0.1, 0.15) is 11.2 Å². The molecule has 0 amide bonds. The van der Waals surface area contributed by atoms with Crippen molar-refractivity contribution in [3.8, 4) is 0 Å². The van der Waals surface area contributed by atoms with Gasteiger partial charge in [0.05, 0.1) is 16.3 Å². The molecule has 2 aromatic carbocycles. The Balaban J connectivity index is 1.93. The van der Waals surface area contributed by atoms with Crippen molar-refractivity contribution in [1.82, 2.24) is 4.57 Å². The Hall–Kier alpha value is -3.67. The molecule has 0 atom stereocenters. The van der Waals surface area contributed by atoms with Gasteiger partial charge >= 0.3 is 5.97 Å². The first kappa shape index (κ1) is 14.9. The number of aromatic nitrogens is 1. The maximum Gasteiger partial charge on any atom is 0.335 e. The summed E-state index contributed by atoms with van der Waals surface area (Å²) in [7, 11) is 0. The molecule has 0 saturated carbocycles. The fraction of sp³-hybridized carbons (Fsp3) is 0. The third-order valence-electron chi connectivity index (χ3n) is 4.00. The molecule has 0 aliphatic heterocycles. The van der Waals surface area contributed by atoms with Gasteiger partial charge < -0.3 is 9.52 Å². The maximum atomic E-state index is 12.6. The molecule has 122 valence electrons. The van der Waals surface area contributed by atoms with Gasteiger partial charge in [-0.3, -0.25) is 14.2 Å². The third kappa shape index (κ3) is 2.40. The van der Waals surface area contributed by atoms with Crippen LogP contribution in [0.2, 0.25) is 0 Å². The molecule has 0 aliphatic carbocycles. The first-order chi connectivity index (χ1) is 12.0. The summed E-state index contributed by atoms with van der Waals surface area (Å²) < 4.78 is 7.15. The Morgan fingerprint density at radius 2 is 1.60 bits per heavy atom. The van der Waals surface area contributed by atoms with Gasteiger partial charge in [-0.2, -0.15) is 0 Å². The predicted octanol–water partition coefficient (Wildman–Crippen LogP) is 3.13. The van der Waals surface area contributed by atoms with E-state index >= 15 is 0 Å². The number of benzene rings is 2. The predicted molar refractivity (Wildman–Crippen MR) is 91.1 cm³/mol. The van der Waals surface area contributed by atoms with Crippen molar-refractivity contribution in [1.29, 1.82) is 0 Å². The molecule has 2 aromatic heterocycles. The number of carboxylic acid groups (broad SMARTS) is 1. The molecular weight excluding hydrogens is 322 g/mol. The minimum atomic E-state index is -1.12. The maximum absolute atomic E-state index is 12.6. The highest BCUT2D eigenvalue weighted by molar-refractivity contribution is 6.01. The van der Waals surface area contributed by atoms with Crippen molar-refractivity contribution in [2.45, 2.75) is 0 Å². The molecule has 0 bridgehead atoms. The SMILES string of the molecule is O=C(O)c1ccc2oc3cc(C(=O)n4cccc4)ccc3c(=O)c2c1. The Bertz CT molecular complexity index is 1200. The minimum absolute atomic E-state index is 0.0126. The number of hydrogen-bond acceptors (Lipinski definition) is 4. The van der Waals surface area contributed by atoms with Crippen LogP contribution in [0.3, 0.4) is 0 Å². The lowest BCUT2D eigenvalue weighted by atomic mass is 10.1. The molecule has 0 radical (unpaired) electrons. The molecule has 0 saturated heterocycles. The van der Waals surface area contributed by atoms with Crippen LogP contribution in [0, 0.1) is 0 Å². The van der Waals surface area contributed by atoms with Crippen LogP contribution in [0.5, 0.6) is 0 Å². The van der Waals surface area contributed by atoms with E-state index in [0.717, 1.165) is 0 Å². The van der Waals surface area contributed by atoms with Gasteiger partial charge in [-0.05, 0) is 48.5 Å². The fourth-order valence-corrected chi connectivity index (χ4v) is 2.74. The highest BCUT2D eigenvalue weighted by Crippen LogP contribution is 2.21. The van der Waals surface area contributed by atoms with Crippen LogP contribution in [-0.2, 0) is 0 Å². The quantitative estimate of drug-likeness (QED) is 0.569. The van der Waals surface area contributed by atoms with Gasteiger partial charge in [-0.25, -0.2) is 4.79 Å². The van der Waals surface area contributed by atoms with Crippen molar-refractivity contribution in [2.75, 3.05) is 0 Å². The van der Waals surface area contributed by atoms with Crippen molar-refractivity contribution < 1.29 is 19.1 Å². The molecule has 25 heavy (non-hydrogen) atoms. The molecular formula is C19H11NO5. The normalized spacial score (nSPS) is 11.0. The van der Waals surface area contributed by atoms with Gasteiger partial charge in [0.15, 0.2) is 0 Å². The molecule has 0 aliphatic rings. The number of carbonyl (C=O) groups is 2. The van der Waals surface area contributed by atoms with E-state index in [1.807, 2.05) is 0 Å². The van der Waals surface area contributed by atoms with Crippen molar-refractivity contribution >= 4 is 33.8 Å². The van der Waals surface area contributed by atoms with Crippen LogP contribution >= 0.6 is 0 Å². The number of rotatable bonds is 2. The average Bonchev–Trinajstić information content (AvgIpc) is 3.15. The number of hydrogen-bond donors (Lipinski definition) is 1. The molecule has 4 aromatic rings. The van der Waals surface area contributed by atoms with Crippen LogP contribution in [0.4, 0.5) is 0 Å². The van der Waals surface area contributed by atoms with E-state index in [1.54, 1.807) is 30.6 Å². The molecule has 1 N–H and O–H groups in total. The van der Waals surface area contributed by atoms with Crippen LogP contribution < -0.4 is 5.43 Å². The number of nitrogens with zero attached hydrogens (tertiary/aromatic N) is 1. The number of carboxylic acids is 1. The van der Waals surface area contributed by atoms with Gasteiger partial charge in [0, 0.05) is 18.0 Å². The average molecular weight is 333 g/mol. The van der Waals surface area contributed by atoms with E-state index in [1.165, 1.54) is 34.9 Å². The summed E-state index contributed by atoms with van der Waals surface area (Å²) in [5.41, 5.74) is 0.609. The molecule has 4 rings (SSSR count). The Morgan fingerprint density at radius 1 is 0.880 bits per heavy atom. The standard InChI is InChI=1S/C19H11NO5/c21-17-13-5-3-11(18(22)20-7-1-2-8-20)10-16(13)25-15-6-4-12(19(23)24)9-14(15)17/h1-10H,(H,23,24). The first-order valence-electron chi connectivity index (χ1n) is 7.46. The lowest BCUT2D eigenvalue weighted by Gasteiger charge is -2.05. The number of fused-ring (bicyclic) bond motifs is 2. The second-order valence-electron chi connectivity index (χ2n) is 5.55. The molecule has 0 unspecified atom stereocenters. The Morgan fingerprint density at radius 3 is 2.32 bits per heavy atom. The number of carbonyl (C=O) groups excluding carboxylic acids is 1. The summed E-state index contributed by atoms with van der Waals surface area (Å²) in [6.45, 7) is 0. The zero-order valence-corrected chi connectivity index (χ0v) is 12.8. The highest BCUT2D eigenvalue weighted by Gasteiger charge is 2.14. The lowest BCUT2D eigenvalue weighted by molar-refractivity contribution is 0.0696. The largest absolute Gasteiger partial charge is 0.478 e. The van der Waals surface area contributed by atoms with Crippen molar-refractivity contribution in [2.24, 2.45) is 0 Å². The first-order valence-corrected chi connectivity index (χ1v) is 7.46. The number of aromatic carboxylic acids is 1. The smallest absolute Gasteiger partial charge is 0.335 e. The summed E-state index contributed by atoms with van der Waals surface area (Å²) in [6, 6.07) is 12.2. The lowest BCUT2D eigenvalue weighted by Crippen LogP contribution is -2.10. The van der Waals surface area contributed by atoms with Gasteiger partial charge in [0.2, 0.25) is 5.43 Å². The fourth-order valence-electron chi connectivity index (χ4n) is 2.74. The van der Waals surface area contributed by atoms with Crippen LogP contribution in [0.15, 0.2) is 70.1 Å². The summed E-state index contributed by atoms with van der Waals surface area (Å²) in [5, 5.41) is 9.55. The zero-order chi connectivity index (χ0) is 17.6. The molecule has 6 nitrogen and oxygen atoms in total. The molecule has 6 heteroatoms.